The third-order valence-electron chi connectivity index (χ3n) is 0.932. The third kappa shape index (κ3) is 7.53. The smallest absolute Gasteiger partial charge is 0.834 e. The standard InChI is InChI=1S/C4H9O3PS.Mg/c1-3(5)4(2)9-8(6)7;/h3-5H,1-2H3;/q-2;+2. The molecule has 0 bridgehead atoms. The maximum Gasteiger partial charge on any atom is 2.00 e. The Morgan fingerprint density at radius 3 is 1.90 bits per heavy atom. The number of rotatable bonds is 3. The monoisotopic (exact) mass is 192 g/mol. The summed E-state index contributed by atoms with van der Waals surface area (Å²) in [7, 11) is -2.42. The maximum absolute atomic E-state index is 10.0. The molecule has 1 N–H and O–H groups in total. The van der Waals surface area contributed by atoms with Crippen LogP contribution in [-0.4, -0.2) is 39.5 Å². The summed E-state index contributed by atoms with van der Waals surface area (Å²) in [4.78, 5) is 20.0. The zero-order valence-electron chi connectivity index (χ0n) is 5.98. The van der Waals surface area contributed by atoms with E-state index >= 15 is 0 Å². The van der Waals surface area contributed by atoms with Gasteiger partial charge in [0.15, 0.2) is 0 Å². The minimum absolute atomic E-state index is 0. The molecule has 3 nitrogen and oxygen atoms in total. The van der Waals surface area contributed by atoms with Gasteiger partial charge in [0.05, 0.1) is 6.10 Å². The SMILES string of the molecule is CC(O)C(C)SP([O-])[O-].[Mg+2]. The van der Waals surface area contributed by atoms with Gasteiger partial charge in [-0.15, -0.1) is 0 Å². The summed E-state index contributed by atoms with van der Waals surface area (Å²) in [6.07, 6.45) is -0.567. The molecule has 0 aliphatic carbocycles. The van der Waals surface area contributed by atoms with Crippen LogP contribution in [0.1, 0.15) is 13.8 Å². The predicted octanol–water partition coefficient (Wildman–Crippen LogP) is -0.944. The molecule has 0 amide bonds. The van der Waals surface area contributed by atoms with Crippen molar-refractivity contribution in [3.63, 3.8) is 0 Å². The molecule has 2 atom stereocenters. The van der Waals surface area contributed by atoms with Crippen LogP contribution in [-0.2, 0) is 0 Å². The molecular formula is C4H9MgO3PS. The Balaban J connectivity index is 0. The molecule has 2 unspecified atom stereocenters. The van der Waals surface area contributed by atoms with Crippen molar-refractivity contribution >= 4 is 42.0 Å². The summed E-state index contributed by atoms with van der Waals surface area (Å²) in [6, 6.07) is 0. The second-order valence-electron chi connectivity index (χ2n) is 1.77. The van der Waals surface area contributed by atoms with Gasteiger partial charge in [0.25, 0.3) is 0 Å². The normalized spacial score (nSPS) is 16.2. The largest absolute Gasteiger partial charge is 2.00 e. The van der Waals surface area contributed by atoms with Crippen LogP contribution in [0, 0.1) is 0 Å². The fourth-order valence-corrected chi connectivity index (χ4v) is 2.01. The van der Waals surface area contributed by atoms with Crippen LogP contribution in [0.25, 0.3) is 0 Å². The Morgan fingerprint density at radius 2 is 1.80 bits per heavy atom. The van der Waals surface area contributed by atoms with Crippen molar-refractivity contribution in [2.75, 3.05) is 0 Å². The Labute approximate surface area is 82.0 Å². The molecule has 56 valence electrons. The van der Waals surface area contributed by atoms with Crippen LogP contribution >= 0.6 is 19.0 Å². The molecule has 0 saturated heterocycles. The Bertz CT molecular complexity index is 82.9. The minimum atomic E-state index is -2.42. The number of hydrogen-bond donors (Lipinski definition) is 1. The molecule has 0 aromatic carbocycles. The molecule has 0 aliphatic heterocycles. The van der Waals surface area contributed by atoms with Crippen molar-refractivity contribution < 1.29 is 14.9 Å². The molecule has 0 fully saturated rings. The average molecular weight is 192 g/mol. The molecule has 0 aliphatic rings. The Morgan fingerprint density at radius 1 is 1.40 bits per heavy atom. The number of aliphatic hydroxyl groups excluding tert-OH is 1. The molecule has 0 spiro atoms. The zero-order valence-corrected chi connectivity index (χ0v) is 9.11. The van der Waals surface area contributed by atoms with E-state index in [2.05, 4.69) is 0 Å². The van der Waals surface area contributed by atoms with E-state index in [9.17, 15) is 9.79 Å². The van der Waals surface area contributed by atoms with Gasteiger partial charge in [0.1, 0.15) is 0 Å². The second kappa shape index (κ2) is 7.10. The molecule has 0 rings (SSSR count). The van der Waals surface area contributed by atoms with Crippen LogP contribution in [0.5, 0.6) is 0 Å². The van der Waals surface area contributed by atoms with Gasteiger partial charge in [-0.25, -0.2) is 7.58 Å². The van der Waals surface area contributed by atoms with Crippen LogP contribution in [0.15, 0.2) is 0 Å². The first-order chi connectivity index (χ1) is 4.04. The molecule has 0 heterocycles. The van der Waals surface area contributed by atoms with Gasteiger partial charge in [0.2, 0.25) is 0 Å². The van der Waals surface area contributed by atoms with E-state index in [1.165, 1.54) is 0 Å². The summed E-state index contributed by atoms with van der Waals surface area (Å²) in [6.45, 7) is 3.23. The minimum Gasteiger partial charge on any atom is -0.834 e. The van der Waals surface area contributed by atoms with E-state index in [4.69, 9.17) is 5.11 Å². The van der Waals surface area contributed by atoms with E-state index in [1.807, 2.05) is 0 Å². The van der Waals surface area contributed by atoms with E-state index < -0.39 is 13.7 Å². The first kappa shape index (κ1) is 14.0. The molecule has 6 heteroatoms. The second-order valence-corrected chi connectivity index (χ2v) is 4.70. The van der Waals surface area contributed by atoms with Gasteiger partial charge < -0.3 is 14.9 Å². The molecule has 0 aromatic heterocycles. The summed E-state index contributed by atoms with van der Waals surface area (Å²) < 4.78 is 0. The summed E-state index contributed by atoms with van der Waals surface area (Å²) in [5, 5.41) is 8.55. The fraction of sp³-hybridized carbons (Fsp3) is 1.00. The van der Waals surface area contributed by atoms with Crippen LogP contribution in [0.2, 0.25) is 0 Å². The van der Waals surface area contributed by atoms with Crippen molar-refractivity contribution in [2.24, 2.45) is 0 Å². The van der Waals surface area contributed by atoms with Gasteiger partial charge in [-0.2, -0.15) is 11.4 Å². The van der Waals surface area contributed by atoms with E-state index in [-0.39, 0.29) is 28.3 Å². The van der Waals surface area contributed by atoms with Crippen molar-refractivity contribution in [2.45, 2.75) is 25.2 Å². The van der Waals surface area contributed by atoms with Crippen LogP contribution in [0.4, 0.5) is 0 Å². The van der Waals surface area contributed by atoms with Crippen LogP contribution in [0.3, 0.4) is 0 Å². The quantitative estimate of drug-likeness (QED) is 0.463. The van der Waals surface area contributed by atoms with Gasteiger partial charge in [0, 0.05) is 5.25 Å². The van der Waals surface area contributed by atoms with Crippen molar-refractivity contribution in [3.8, 4) is 0 Å². The van der Waals surface area contributed by atoms with E-state index in [1.54, 1.807) is 13.8 Å². The molecule has 0 radical (unpaired) electrons. The zero-order chi connectivity index (χ0) is 7.44. The summed E-state index contributed by atoms with van der Waals surface area (Å²) in [5.74, 6) is 0. The molecule has 0 aromatic rings. The first-order valence-electron chi connectivity index (χ1n) is 2.53. The topological polar surface area (TPSA) is 66.3 Å². The average Bonchev–Trinajstić information content (AvgIpc) is 1.63. The third-order valence-corrected chi connectivity index (χ3v) is 3.34. The van der Waals surface area contributed by atoms with E-state index in [0.717, 1.165) is 11.4 Å². The van der Waals surface area contributed by atoms with Crippen LogP contribution < -0.4 is 9.79 Å². The number of aliphatic hydroxyl groups is 1. The van der Waals surface area contributed by atoms with Gasteiger partial charge >= 0.3 is 23.1 Å². The van der Waals surface area contributed by atoms with Gasteiger partial charge in [-0.05, 0) is 6.92 Å². The maximum atomic E-state index is 10.0. The molecular weight excluding hydrogens is 183 g/mol. The first-order valence-corrected chi connectivity index (χ1v) is 5.19. The Kier molecular flexibility index (Phi) is 9.92. The molecule has 0 saturated carbocycles. The van der Waals surface area contributed by atoms with Gasteiger partial charge in [-0.1, -0.05) is 6.92 Å². The van der Waals surface area contributed by atoms with Crippen molar-refractivity contribution in [3.05, 3.63) is 0 Å². The number of hydrogen-bond acceptors (Lipinski definition) is 4. The van der Waals surface area contributed by atoms with Gasteiger partial charge in [-0.3, -0.25) is 0 Å². The summed E-state index contributed by atoms with van der Waals surface area (Å²) >= 11 is 0.766. The summed E-state index contributed by atoms with van der Waals surface area (Å²) in [5.41, 5.74) is 0. The fourth-order valence-electron chi connectivity index (χ4n) is 0.224. The van der Waals surface area contributed by atoms with Crippen molar-refractivity contribution in [1.29, 1.82) is 0 Å². The Hall–Kier alpha value is 1.43. The molecule has 10 heavy (non-hydrogen) atoms. The predicted molar refractivity (Wildman–Crippen MR) is 41.4 cm³/mol. The van der Waals surface area contributed by atoms with Crippen molar-refractivity contribution in [1.82, 2.24) is 0 Å². The van der Waals surface area contributed by atoms with E-state index in [0.29, 0.717) is 0 Å².